The molecule has 1 aromatic heterocycles. The number of aromatic nitrogens is 1. The fraction of sp³-hybridized carbons (Fsp3) is 0.167. The van der Waals surface area contributed by atoms with Crippen molar-refractivity contribution in [2.24, 2.45) is 5.73 Å². The van der Waals surface area contributed by atoms with Gasteiger partial charge in [0, 0.05) is 12.7 Å². The van der Waals surface area contributed by atoms with Crippen LogP contribution in [-0.2, 0) is 6.54 Å². The van der Waals surface area contributed by atoms with Crippen LogP contribution in [0.5, 0.6) is 0 Å². The van der Waals surface area contributed by atoms with Gasteiger partial charge in [0.25, 0.3) is 0 Å². The first-order chi connectivity index (χ1) is 4.33. The van der Waals surface area contributed by atoms with Crippen LogP contribution in [0.2, 0.25) is 0 Å². The van der Waals surface area contributed by atoms with Gasteiger partial charge in [0.2, 0.25) is 0 Å². The molecular formula is C6H8N2S. The van der Waals surface area contributed by atoms with Gasteiger partial charge < -0.3 is 10.7 Å². The molecular weight excluding hydrogens is 132 g/mol. The minimum Gasteiger partial charge on any atom is -0.353 e. The van der Waals surface area contributed by atoms with Crippen molar-refractivity contribution in [3.63, 3.8) is 0 Å². The van der Waals surface area contributed by atoms with Crippen molar-refractivity contribution in [3.05, 3.63) is 28.5 Å². The molecule has 1 rings (SSSR count). The van der Waals surface area contributed by atoms with Gasteiger partial charge in [-0.15, -0.1) is 0 Å². The maximum atomic E-state index is 5.35. The Balaban J connectivity index is 3.02. The van der Waals surface area contributed by atoms with Crippen LogP contribution >= 0.6 is 12.2 Å². The summed E-state index contributed by atoms with van der Waals surface area (Å²) in [6, 6.07) is 3.75. The van der Waals surface area contributed by atoms with E-state index in [-0.39, 0.29) is 0 Å². The van der Waals surface area contributed by atoms with Gasteiger partial charge in [-0.1, -0.05) is 18.3 Å². The van der Waals surface area contributed by atoms with Gasteiger partial charge in [-0.3, -0.25) is 0 Å². The normalized spacial score (nSPS) is 9.44. The Morgan fingerprint density at radius 1 is 1.56 bits per heavy atom. The quantitative estimate of drug-likeness (QED) is 0.575. The maximum Gasteiger partial charge on any atom is 0.103 e. The standard InChI is InChI=1S/C6H8N2S/c7-3-5-1-2-6(9)8-4-5/h1-2,4H,3,7H2,(H,8,9). The van der Waals surface area contributed by atoms with Crippen LogP contribution in [0.15, 0.2) is 18.3 Å². The first-order valence-corrected chi connectivity index (χ1v) is 3.11. The summed E-state index contributed by atoms with van der Waals surface area (Å²) in [5.74, 6) is 0. The Hall–Kier alpha value is -0.670. The van der Waals surface area contributed by atoms with E-state index in [9.17, 15) is 0 Å². The van der Waals surface area contributed by atoms with Crippen LogP contribution in [0.4, 0.5) is 0 Å². The molecule has 0 saturated carbocycles. The molecule has 0 saturated heterocycles. The van der Waals surface area contributed by atoms with Crippen molar-refractivity contribution in [3.8, 4) is 0 Å². The Morgan fingerprint density at radius 2 is 2.33 bits per heavy atom. The summed E-state index contributed by atoms with van der Waals surface area (Å²) in [5, 5.41) is 0. The molecule has 1 heterocycles. The molecule has 3 heteroatoms. The van der Waals surface area contributed by atoms with E-state index in [2.05, 4.69) is 4.98 Å². The van der Waals surface area contributed by atoms with E-state index in [1.807, 2.05) is 18.3 Å². The predicted octanol–water partition coefficient (Wildman–Crippen LogP) is 1.20. The molecule has 0 atom stereocenters. The number of nitrogens with two attached hydrogens (primary N) is 1. The monoisotopic (exact) mass is 140 g/mol. The lowest BCUT2D eigenvalue weighted by Gasteiger charge is -1.91. The van der Waals surface area contributed by atoms with Gasteiger partial charge in [0.1, 0.15) is 4.64 Å². The minimum absolute atomic E-state index is 0.562. The number of pyridine rings is 1. The zero-order valence-corrected chi connectivity index (χ0v) is 5.74. The lowest BCUT2D eigenvalue weighted by Crippen LogP contribution is -1.95. The second-order valence-corrected chi connectivity index (χ2v) is 2.21. The Bertz CT molecular complexity index is 221. The number of rotatable bonds is 1. The molecule has 0 aliphatic heterocycles. The van der Waals surface area contributed by atoms with Gasteiger partial charge in [-0.2, -0.15) is 0 Å². The summed E-state index contributed by atoms with van der Waals surface area (Å²) < 4.78 is 0.743. The van der Waals surface area contributed by atoms with Crippen molar-refractivity contribution >= 4 is 12.2 Å². The highest BCUT2D eigenvalue weighted by atomic mass is 32.1. The molecule has 9 heavy (non-hydrogen) atoms. The Labute approximate surface area is 58.7 Å². The molecule has 0 aliphatic carbocycles. The van der Waals surface area contributed by atoms with Crippen LogP contribution in [0, 0.1) is 4.64 Å². The molecule has 2 nitrogen and oxygen atoms in total. The van der Waals surface area contributed by atoms with Crippen molar-refractivity contribution in [2.75, 3.05) is 0 Å². The SMILES string of the molecule is NCc1ccc(=S)[nH]c1. The largest absolute Gasteiger partial charge is 0.353 e. The zero-order valence-electron chi connectivity index (χ0n) is 4.92. The molecule has 0 spiro atoms. The second-order valence-electron chi connectivity index (χ2n) is 1.77. The lowest BCUT2D eigenvalue weighted by molar-refractivity contribution is 1.04. The van der Waals surface area contributed by atoms with Gasteiger partial charge in [-0.05, 0) is 11.6 Å². The molecule has 0 unspecified atom stereocenters. The summed E-state index contributed by atoms with van der Waals surface area (Å²) in [7, 11) is 0. The van der Waals surface area contributed by atoms with Crippen molar-refractivity contribution in [1.82, 2.24) is 4.98 Å². The Kier molecular flexibility index (Phi) is 1.97. The molecule has 0 bridgehead atoms. The highest BCUT2D eigenvalue weighted by Gasteiger charge is 1.82. The van der Waals surface area contributed by atoms with E-state index in [1.165, 1.54) is 0 Å². The fourth-order valence-electron chi connectivity index (χ4n) is 0.570. The second kappa shape index (κ2) is 2.75. The summed E-state index contributed by atoms with van der Waals surface area (Å²) in [4.78, 5) is 2.89. The smallest absolute Gasteiger partial charge is 0.103 e. The Morgan fingerprint density at radius 3 is 2.78 bits per heavy atom. The number of nitrogens with one attached hydrogen (secondary N) is 1. The zero-order chi connectivity index (χ0) is 6.69. The molecule has 0 fully saturated rings. The third kappa shape index (κ3) is 1.62. The fourth-order valence-corrected chi connectivity index (χ4v) is 0.697. The third-order valence-electron chi connectivity index (χ3n) is 1.08. The summed E-state index contributed by atoms with van der Waals surface area (Å²) >= 11 is 4.82. The average Bonchev–Trinajstić information content (AvgIpc) is 1.90. The number of hydrogen-bond acceptors (Lipinski definition) is 2. The summed E-state index contributed by atoms with van der Waals surface area (Å²) in [6.45, 7) is 0.562. The van der Waals surface area contributed by atoms with E-state index in [0.717, 1.165) is 10.2 Å². The predicted molar refractivity (Wildman–Crippen MR) is 39.5 cm³/mol. The van der Waals surface area contributed by atoms with Crippen molar-refractivity contribution < 1.29 is 0 Å². The lowest BCUT2D eigenvalue weighted by atomic mass is 10.3. The van der Waals surface area contributed by atoms with Gasteiger partial charge in [-0.25, -0.2) is 0 Å². The van der Waals surface area contributed by atoms with Crippen molar-refractivity contribution in [2.45, 2.75) is 6.54 Å². The first kappa shape index (κ1) is 6.45. The average molecular weight is 140 g/mol. The topological polar surface area (TPSA) is 41.8 Å². The van der Waals surface area contributed by atoms with Crippen LogP contribution in [0.25, 0.3) is 0 Å². The van der Waals surface area contributed by atoms with Gasteiger partial charge in [0.05, 0.1) is 0 Å². The van der Waals surface area contributed by atoms with Gasteiger partial charge >= 0.3 is 0 Å². The van der Waals surface area contributed by atoms with Crippen LogP contribution < -0.4 is 5.73 Å². The molecule has 0 aromatic carbocycles. The molecule has 0 aliphatic rings. The van der Waals surface area contributed by atoms with E-state index in [1.54, 1.807) is 0 Å². The summed E-state index contributed by atoms with van der Waals surface area (Å²) in [6.07, 6.45) is 1.82. The molecule has 0 radical (unpaired) electrons. The number of aromatic amines is 1. The summed E-state index contributed by atoms with van der Waals surface area (Å²) in [5.41, 5.74) is 6.42. The minimum atomic E-state index is 0.562. The van der Waals surface area contributed by atoms with E-state index in [4.69, 9.17) is 18.0 Å². The molecule has 3 N–H and O–H groups in total. The highest BCUT2D eigenvalue weighted by Crippen LogP contribution is 1.93. The highest BCUT2D eigenvalue weighted by molar-refractivity contribution is 7.71. The van der Waals surface area contributed by atoms with E-state index >= 15 is 0 Å². The van der Waals surface area contributed by atoms with Crippen molar-refractivity contribution in [1.29, 1.82) is 0 Å². The van der Waals surface area contributed by atoms with Crippen LogP contribution in [0.1, 0.15) is 5.56 Å². The number of hydrogen-bond donors (Lipinski definition) is 2. The third-order valence-corrected chi connectivity index (χ3v) is 1.34. The van der Waals surface area contributed by atoms with Crippen LogP contribution in [0.3, 0.4) is 0 Å². The molecule has 48 valence electrons. The maximum absolute atomic E-state index is 5.35. The molecule has 1 aromatic rings. The molecule has 0 amide bonds. The van der Waals surface area contributed by atoms with Crippen LogP contribution in [-0.4, -0.2) is 4.98 Å². The number of H-pyrrole nitrogens is 1. The van der Waals surface area contributed by atoms with Gasteiger partial charge in [0.15, 0.2) is 0 Å². The van der Waals surface area contributed by atoms with E-state index in [0.29, 0.717) is 6.54 Å². The van der Waals surface area contributed by atoms with E-state index < -0.39 is 0 Å². The first-order valence-electron chi connectivity index (χ1n) is 2.70.